The number of aliphatic imine (C=N–C) groups is 2. The summed E-state index contributed by atoms with van der Waals surface area (Å²) in [7, 11) is 10.5. The minimum Gasteiger partial charge on any atom is -0.690 e. The fourth-order valence-corrected chi connectivity index (χ4v) is 11.1. The zero-order valence-electron chi connectivity index (χ0n) is 47.0. The number of carbonyl (C=O) groups is 4. The number of carbonyl (C=O) groups excluding carboxylic acids is 2. The number of thiazole rings is 2. The van der Waals surface area contributed by atoms with Crippen LogP contribution < -0.4 is 20.9 Å². The highest BCUT2D eigenvalue weighted by Gasteiger charge is 2.40. The molecule has 4 aromatic heterocycles. The van der Waals surface area contributed by atoms with Crippen LogP contribution in [0.2, 0.25) is 15.3 Å². The van der Waals surface area contributed by atoms with Crippen LogP contribution in [0.15, 0.2) is 104 Å². The van der Waals surface area contributed by atoms with Gasteiger partial charge < -0.3 is 48.3 Å². The molecule has 2 aromatic carbocycles. The first-order valence-electron chi connectivity index (χ1n) is 26.5. The van der Waals surface area contributed by atoms with E-state index < -0.39 is 47.6 Å². The second-order valence-corrected chi connectivity index (χ2v) is 21.4. The lowest BCUT2D eigenvalue weighted by Crippen LogP contribution is -2.42. The quantitative estimate of drug-likeness (QED) is 0.0409. The smallest absolute Gasteiger partial charge is 0.354 e. The van der Waals surface area contributed by atoms with Crippen LogP contribution >= 0.6 is 57.5 Å². The molecule has 10 rings (SSSR count). The SMILES string of the molecule is C.CCOC(=O)C1=C(C2CCN(c3ncc(C)c(C(=O)O)n3)CC2)NC(c2nccs2)=NC1c1cccc(F)c1Cl.CCOC(=O)C1=C(C2CCNCC2)NC(c2nccs2)=NC1c1cccc(F)c1Cl.CF.Cc1cnc(Cl)nc1C(=O)O.[B][B][B-]. The van der Waals surface area contributed by atoms with Gasteiger partial charge in [0.25, 0.3) is 0 Å². The van der Waals surface area contributed by atoms with Crippen molar-refractivity contribution >= 4 is 122 Å². The highest BCUT2D eigenvalue weighted by Crippen LogP contribution is 2.42. The van der Waals surface area contributed by atoms with E-state index in [1.807, 2.05) is 15.7 Å². The van der Waals surface area contributed by atoms with E-state index in [1.165, 1.54) is 53.3 Å². The van der Waals surface area contributed by atoms with Gasteiger partial charge in [-0.3, -0.25) is 21.4 Å². The molecule has 0 saturated carbocycles. The second kappa shape index (κ2) is 34.4. The minimum absolute atomic E-state index is 0. The number of carboxylic acid groups (broad SMARTS) is 2. The number of aromatic nitrogens is 6. The molecule has 0 aliphatic carbocycles. The molecule has 31 heteroatoms. The van der Waals surface area contributed by atoms with Crippen LogP contribution in [-0.2, 0) is 19.1 Å². The van der Waals surface area contributed by atoms with E-state index >= 15 is 0 Å². The van der Waals surface area contributed by atoms with Gasteiger partial charge in [-0.2, -0.15) is 0 Å². The van der Waals surface area contributed by atoms with E-state index in [-0.39, 0.29) is 64.8 Å². The number of nitrogens with zero attached hydrogens (tertiary/aromatic N) is 9. The third-order valence-corrected chi connectivity index (χ3v) is 15.7. The number of hydrogen-bond donors (Lipinski definition) is 5. The van der Waals surface area contributed by atoms with Gasteiger partial charge in [0.15, 0.2) is 33.1 Å². The lowest BCUT2D eigenvalue weighted by atomic mass is 9.40. The summed E-state index contributed by atoms with van der Waals surface area (Å²) >= 11 is 20.9. The Morgan fingerprint density at radius 1 is 0.713 bits per heavy atom. The number of halogens is 6. The van der Waals surface area contributed by atoms with Gasteiger partial charge in [-0.15, -0.1) is 22.7 Å². The monoisotopic (exact) mass is 1290 g/mol. The summed E-state index contributed by atoms with van der Waals surface area (Å²) in [5.41, 5.74) is 3.73. The number of amidine groups is 2. The third kappa shape index (κ3) is 18.0. The average Bonchev–Trinajstić information content (AvgIpc) is 1.51. The standard InChI is InChI=1S/C27H26ClFN6O4S.C21H22ClFN4O2S.C6H5ClN2O2.CH3F.CH4.B3/c1-3-39-26(38)18-21(15-7-10-35(11-8-15)27-31-13-14(2)20(34-27)25(36)37)32-23(24-30-9-12-40-24)33-22(18)16-5-4-6-17(29)19(16)28;1-2-29-21(28)15-17(12-6-8-24-9-7-12)26-19(20-25-10-11-30-20)27-18(15)13-4-3-5-14(23)16(13)22;1-3-2-8-6(7)9-4(3)5(10)11;1-2;;1-3-2/h4-6,9,12-13,15,22H,3,7-8,10-11H2,1-2H3,(H,32,33)(H,36,37);3-5,10-12,18,24H,2,6-9H2,1H3,(H,26,27);2H,1H3,(H,10,11);1H3;1H4;/q;;;;;-1. The predicted molar refractivity (Wildman–Crippen MR) is 333 cm³/mol. The first kappa shape index (κ1) is 70.5. The molecule has 0 spiro atoms. The van der Waals surface area contributed by atoms with Crippen LogP contribution in [0, 0.1) is 37.3 Å². The van der Waals surface area contributed by atoms with E-state index in [0.717, 1.165) is 38.7 Å². The van der Waals surface area contributed by atoms with Crippen LogP contribution in [0.4, 0.5) is 19.1 Å². The Morgan fingerprint density at radius 2 is 1.14 bits per heavy atom. The Kier molecular flexibility index (Phi) is 27.9. The van der Waals surface area contributed by atoms with Crippen molar-refractivity contribution in [3.63, 3.8) is 0 Å². The summed E-state index contributed by atoms with van der Waals surface area (Å²) in [6.45, 7) is 9.85. The van der Waals surface area contributed by atoms with Gasteiger partial charge in [-0.1, -0.05) is 54.9 Å². The third-order valence-electron chi connectivity index (χ3n) is 13.2. The Bertz CT molecular complexity index is 3470. The van der Waals surface area contributed by atoms with Crippen molar-refractivity contribution in [3.8, 4) is 0 Å². The number of nitrogens with one attached hydrogen (secondary N) is 3. The lowest BCUT2D eigenvalue weighted by molar-refractivity contribution is -0.140. The van der Waals surface area contributed by atoms with Gasteiger partial charge in [0, 0.05) is 94.1 Å². The maximum atomic E-state index is 14.5. The number of piperidine rings is 2. The van der Waals surface area contributed by atoms with E-state index in [1.54, 1.807) is 58.3 Å². The van der Waals surface area contributed by atoms with Crippen molar-refractivity contribution in [2.24, 2.45) is 21.8 Å². The first-order chi connectivity index (χ1) is 41.4. The Labute approximate surface area is 527 Å². The number of alkyl halides is 1. The number of anilines is 1. The van der Waals surface area contributed by atoms with Crippen LogP contribution in [0.5, 0.6) is 0 Å². The Balaban J connectivity index is 0.000000257. The lowest BCUT2D eigenvalue weighted by Gasteiger charge is -2.36. The molecule has 2 unspecified atom stereocenters. The summed E-state index contributed by atoms with van der Waals surface area (Å²) in [5.74, 6) is -3.05. The molecule has 4 aliphatic heterocycles. The second-order valence-electron chi connectivity index (χ2n) is 18.5. The zero-order chi connectivity index (χ0) is 62.6. The maximum absolute atomic E-state index is 14.5. The van der Waals surface area contributed by atoms with Crippen LogP contribution in [-0.4, -0.2) is 145 Å². The van der Waals surface area contributed by atoms with E-state index in [2.05, 4.69) is 61.3 Å². The molecule has 0 bridgehead atoms. The van der Waals surface area contributed by atoms with E-state index in [4.69, 9.17) is 59.4 Å². The predicted octanol–water partition coefficient (Wildman–Crippen LogP) is 9.62. The Morgan fingerprint density at radius 3 is 1.54 bits per heavy atom. The summed E-state index contributed by atoms with van der Waals surface area (Å²) < 4.78 is 49.2. The molecular formula is C56H60B3Cl3F3N12O8S2-. The molecule has 6 radical (unpaired) electrons. The number of aromatic carboxylic acids is 2. The van der Waals surface area contributed by atoms with Crippen molar-refractivity contribution in [2.75, 3.05) is 51.5 Å². The van der Waals surface area contributed by atoms with Crippen molar-refractivity contribution in [1.82, 2.24) is 45.9 Å². The minimum atomic E-state index is -1.11. The number of esters is 2. The molecule has 87 heavy (non-hydrogen) atoms. The van der Waals surface area contributed by atoms with Gasteiger partial charge in [0.1, 0.15) is 23.7 Å². The maximum Gasteiger partial charge on any atom is 0.354 e. The molecule has 0 amide bonds. The van der Waals surface area contributed by atoms with Crippen molar-refractivity contribution in [2.45, 2.75) is 72.9 Å². The van der Waals surface area contributed by atoms with Crippen LogP contribution in [0.25, 0.3) is 0 Å². The van der Waals surface area contributed by atoms with Gasteiger partial charge in [-0.05, 0) is 97.9 Å². The van der Waals surface area contributed by atoms with E-state index in [9.17, 15) is 37.5 Å². The van der Waals surface area contributed by atoms with Crippen molar-refractivity contribution < 1.29 is 52.0 Å². The van der Waals surface area contributed by atoms with Gasteiger partial charge >= 0.3 is 23.9 Å². The fraction of sp³-hybridized carbons (Fsp3) is 0.357. The number of allylic oxidation sites excluding steroid dienone is 2. The highest BCUT2D eigenvalue weighted by molar-refractivity contribution is 7.17. The number of benzene rings is 2. The number of aryl methyl sites for hydroxylation is 2. The van der Waals surface area contributed by atoms with Gasteiger partial charge in [-0.25, -0.2) is 57.9 Å². The first-order valence-corrected chi connectivity index (χ1v) is 29.4. The number of hydrogen-bond acceptors (Lipinski definition) is 20. The van der Waals surface area contributed by atoms with Crippen molar-refractivity contribution in [3.05, 3.63) is 165 Å². The highest BCUT2D eigenvalue weighted by atomic mass is 35.5. The summed E-state index contributed by atoms with van der Waals surface area (Å²) in [6.07, 6.45) is 9.15. The van der Waals surface area contributed by atoms with Crippen molar-refractivity contribution in [1.29, 1.82) is 0 Å². The summed E-state index contributed by atoms with van der Waals surface area (Å²) in [5, 5.41) is 32.8. The number of rotatable bonds is 13. The summed E-state index contributed by atoms with van der Waals surface area (Å²) in [4.78, 5) is 84.4. The molecule has 6 aromatic rings. The van der Waals surface area contributed by atoms with Gasteiger partial charge in [0.05, 0.1) is 41.6 Å². The molecule has 2 atom stereocenters. The molecule has 456 valence electrons. The average molecular weight is 1290 g/mol. The summed E-state index contributed by atoms with van der Waals surface area (Å²) in [6, 6.07) is 7.31. The van der Waals surface area contributed by atoms with Crippen LogP contribution in [0.1, 0.15) is 112 Å². The molecule has 4 aliphatic rings. The van der Waals surface area contributed by atoms with E-state index in [0.29, 0.717) is 94.3 Å². The van der Waals surface area contributed by atoms with Crippen LogP contribution in [0.3, 0.4) is 0 Å². The fourth-order valence-electron chi connectivity index (χ4n) is 9.37. The molecule has 20 nitrogen and oxygen atoms in total. The number of carboxylic acids is 2. The number of ether oxygens (including phenoxy) is 2. The molecule has 2 fully saturated rings. The largest absolute Gasteiger partial charge is 0.690 e. The van der Waals surface area contributed by atoms with Gasteiger partial charge in [0.2, 0.25) is 11.2 Å². The molecule has 8 heterocycles. The molecule has 5 N–H and O–H groups in total. The molecular weight excluding hydrogens is 1230 g/mol. The zero-order valence-corrected chi connectivity index (χ0v) is 50.9. The normalized spacial score (nSPS) is 16.5. The Hall–Kier alpha value is -7.23. The molecule has 2 saturated heterocycles. The topological polar surface area (TPSA) is 269 Å².